The molecule has 0 amide bonds. The van der Waals surface area contributed by atoms with E-state index in [4.69, 9.17) is 27.9 Å². The summed E-state index contributed by atoms with van der Waals surface area (Å²) in [4.78, 5) is 0.176. The number of hydrogen-bond donors (Lipinski definition) is 0. The van der Waals surface area contributed by atoms with Gasteiger partial charge in [0, 0.05) is 17.1 Å². The molecule has 7 heteroatoms. The number of benzene rings is 3. The molecule has 4 nitrogen and oxygen atoms in total. The fourth-order valence-electron chi connectivity index (χ4n) is 3.12. The summed E-state index contributed by atoms with van der Waals surface area (Å²) in [6, 6.07) is 18.9. The molecule has 0 atom stereocenters. The van der Waals surface area contributed by atoms with Crippen LogP contribution >= 0.6 is 23.2 Å². The second kappa shape index (κ2) is 7.17. The number of ether oxygens (including phenoxy) is 1. The Bertz CT molecular complexity index is 1280. The standard InChI is InChI=1S/C21H15Cl2NO3S/c1-27-16-6-8-17(9-7-16)28(25,26)24-12-11-14-3-2-4-18(21(14)24)15-5-10-19(22)20(23)13-15/h2-13H,1H3. The third-order valence-corrected chi connectivity index (χ3v) is 6.95. The molecule has 0 bridgehead atoms. The van der Waals surface area contributed by atoms with Crippen LogP contribution in [0.1, 0.15) is 0 Å². The molecular weight excluding hydrogens is 417 g/mol. The number of hydrogen-bond acceptors (Lipinski definition) is 3. The number of aromatic nitrogens is 1. The Balaban J connectivity index is 1.94. The van der Waals surface area contributed by atoms with Crippen LogP contribution in [0.4, 0.5) is 0 Å². The van der Waals surface area contributed by atoms with E-state index in [1.807, 2.05) is 24.3 Å². The average molecular weight is 432 g/mol. The summed E-state index contributed by atoms with van der Waals surface area (Å²) < 4.78 is 33.0. The van der Waals surface area contributed by atoms with Gasteiger partial charge in [-0.2, -0.15) is 0 Å². The molecule has 1 aromatic heterocycles. The van der Waals surface area contributed by atoms with E-state index in [9.17, 15) is 8.42 Å². The van der Waals surface area contributed by atoms with Crippen LogP contribution in [0.2, 0.25) is 10.0 Å². The molecular formula is C21H15Cl2NO3S. The third-order valence-electron chi connectivity index (χ3n) is 4.52. The molecule has 0 aliphatic carbocycles. The molecule has 4 aromatic rings. The maximum atomic E-state index is 13.3. The maximum absolute atomic E-state index is 13.3. The molecule has 0 saturated heterocycles. The van der Waals surface area contributed by atoms with Crippen molar-refractivity contribution in [2.45, 2.75) is 4.90 Å². The van der Waals surface area contributed by atoms with E-state index in [1.165, 1.54) is 23.2 Å². The molecule has 4 rings (SSSR count). The Morgan fingerprint density at radius 3 is 2.32 bits per heavy atom. The van der Waals surface area contributed by atoms with E-state index >= 15 is 0 Å². The van der Waals surface area contributed by atoms with E-state index in [2.05, 4.69) is 0 Å². The number of rotatable bonds is 4. The first-order chi connectivity index (χ1) is 13.4. The van der Waals surface area contributed by atoms with Crippen LogP contribution in [-0.2, 0) is 10.0 Å². The van der Waals surface area contributed by atoms with Crippen molar-refractivity contribution in [2.75, 3.05) is 7.11 Å². The normalized spacial score (nSPS) is 11.7. The summed E-state index contributed by atoms with van der Waals surface area (Å²) >= 11 is 12.2. The lowest BCUT2D eigenvalue weighted by Gasteiger charge is -2.12. The lowest BCUT2D eigenvalue weighted by molar-refractivity contribution is 0.414. The number of para-hydroxylation sites is 1. The van der Waals surface area contributed by atoms with Crippen LogP contribution in [0.15, 0.2) is 77.8 Å². The van der Waals surface area contributed by atoms with Gasteiger partial charge in [-0.15, -0.1) is 0 Å². The van der Waals surface area contributed by atoms with E-state index in [0.29, 0.717) is 21.3 Å². The van der Waals surface area contributed by atoms with Gasteiger partial charge < -0.3 is 4.74 Å². The molecule has 0 saturated carbocycles. The molecule has 1 heterocycles. The van der Waals surface area contributed by atoms with Crippen LogP contribution in [0.5, 0.6) is 5.75 Å². The second-order valence-corrected chi connectivity index (χ2v) is 8.79. The van der Waals surface area contributed by atoms with Gasteiger partial charge in [0.1, 0.15) is 5.75 Å². The molecule has 0 aliphatic heterocycles. The smallest absolute Gasteiger partial charge is 0.268 e. The van der Waals surface area contributed by atoms with Crippen molar-refractivity contribution in [3.63, 3.8) is 0 Å². The molecule has 3 aromatic carbocycles. The summed E-state index contributed by atoms with van der Waals surface area (Å²) in [7, 11) is -2.26. The van der Waals surface area contributed by atoms with E-state index in [1.54, 1.807) is 36.5 Å². The first-order valence-corrected chi connectivity index (χ1v) is 10.6. The highest BCUT2D eigenvalue weighted by Crippen LogP contribution is 2.35. The minimum Gasteiger partial charge on any atom is -0.497 e. The number of nitrogens with zero attached hydrogens (tertiary/aromatic N) is 1. The summed E-state index contributed by atoms with van der Waals surface area (Å²) in [5, 5.41) is 1.66. The molecule has 28 heavy (non-hydrogen) atoms. The first-order valence-electron chi connectivity index (χ1n) is 8.37. The highest BCUT2D eigenvalue weighted by molar-refractivity contribution is 7.90. The maximum Gasteiger partial charge on any atom is 0.268 e. The van der Waals surface area contributed by atoms with Crippen molar-refractivity contribution in [1.29, 1.82) is 0 Å². The van der Waals surface area contributed by atoms with Crippen LogP contribution in [-0.4, -0.2) is 19.5 Å². The Labute approximate surface area is 172 Å². The zero-order chi connectivity index (χ0) is 19.9. The quantitative estimate of drug-likeness (QED) is 0.406. The highest BCUT2D eigenvalue weighted by Gasteiger charge is 2.21. The molecule has 0 N–H and O–H groups in total. The second-order valence-electron chi connectivity index (χ2n) is 6.16. The minimum absolute atomic E-state index is 0.176. The zero-order valence-corrected chi connectivity index (χ0v) is 17.1. The minimum atomic E-state index is -3.79. The fourth-order valence-corrected chi connectivity index (χ4v) is 4.79. The van der Waals surface area contributed by atoms with Crippen LogP contribution < -0.4 is 4.74 Å². The summed E-state index contributed by atoms with van der Waals surface area (Å²) in [6.07, 6.45) is 1.56. The van der Waals surface area contributed by atoms with Crippen molar-refractivity contribution in [1.82, 2.24) is 3.97 Å². The topological polar surface area (TPSA) is 48.3 Å². The van der Waals surface area contributed by atoms with Crippen molar-refractivity contribution in [3.05, 3.63) is 83.0 Å². The fraction of sp³-hybridized carbons (Fsp3) is 0.0476. The van der Waals surface area contributed by atoms with Crippen LogP contribution in [0.3, 0.4) is 0 Å². The SMILES string of the molecule is COc1ccc(S(=O)(=O)n2ccc3cccc(-c4ccc(Cl)c(Cl)c4)c32)cc1. The van der Waals surface area contributed by atoms with E-state index in [0.717, 1.165) is 16.5 Å². The van der Waals surface area contributed by atoms with Gasteiger partial charge in [-0.05, 0) is 48.0 Å². The van der Waals surface area contributed by atoms with Gasteiger partial charge in [0.15, 0.2) is 0 Å². The van der Waals surface area contributed by atoms with Crippen molar-refractivity contribution >= 4 is 44.1 Å². The average Bonchev–Trinajstić information content (AvgIpc) is 3.15. The Morgan fingerprint density at radius 1 is 0.893 bits per heavy atom. The van der Waals surface area contributed by atoms with Gasteiger partial charge in [0.2, 0.25) is 0 Å². The van der Waals surface area contributed by atoms with E-state index < -0.39 is 10.0 Å². The number of fused-ring (bicyclic) bond motifs is 1. The molecule has 0 spiro atoms. The van der Waals surface area contributed by atoms with Crippen molar-refractivity contribution in [3.8, 4) is 16.9 Å². The molecule has 142 valence electrons. The van der Waals surface area contributed by atoms with Gasteiger partial charge in [-0.1, -0.05) is 47.5 Å². The van der Waals surface area contributed by atoms with Gasteiger partial charge in [-0.25, -0.2) is 12.4 Å². The monoisotopic (exact) mass is 431 g/mol. The summed E-state index contributed by atoms with van der Waals surface area (Å²) in [6.45, 7) is 0. The van der Waals surface area contributed by atoms with Crippen LogP contribution in [0.25, 0.3) is 22.0 Å². The van der Waals surface area contributed by atoms with Gasteiger partial charge in [-0.3, -0.25) is 0 Å². The van der Waals surface area contributed by atoms with Gasteiger partial charge in [0.25, 0.3) is 10.0 Å². The van der Waals surface area contributed by atoms with Crippen molar-refractivity contribution in [2.24, 2.45) is 0 Å². The predicted molar refractivity (Wildman–Crippen MR) is 113 cm³/mol. The highest BCUT2D eigenvalue weighted by atomic mass is 35.5. The Kier molecular flexibility index (Phi) is 4.83. The lowest BCUT2D eigenvalue weighted by Crippen LogP contribution is -2.12. The van der Waals surface area contributed by atoms with E-state index in [-0.39, 0.29) is 4.90 Å². The lowest BCUT2D eigenvalue weighted by atomic mass is 10.0. The van der Waals surface area contributed by atoms with Crippen LogP contribution in [0, 0.1) is 0 Å². The Morgan fingerprint density at radius 2 is 1.64 bits per heavy atom. The molecule has 0 unspecified atom stereocenters. The Hall–Kier alpha value is -2.47. The number of halogens is 2. The predicted octanol–water partition coefficient (Wildman–Crippen LogP) is 5.86. The number of methoxy groups -OCH3 is 1. The van der Waals surface area contributed by atoms with Gasteiger partial charge >= 0.3 is 0 Å². The van der Waals surface area contributed by atoms with Gasteiger partial charge in [0.05, 0.1) is 27.6 Å². The molecule has 0 radical (unpaired) electrons. The summed E-state index contributed by atoms with van der Waals surface area (Å²) in [5.41, 5.74) is 2.11. The molecule has 0 aliphatic rings. The summed E-state index contributed by atoms with van der Waals surface area (Å²) in [5.74, 6) is 0.591. The zero-order valence-electron chi connectivity index (χ0n) is 14.8. The van der Waals surface area contributed by atoms with Crippen molar-refractivity contribution < 1.29 is 13.2 Å². The largest absolute Gasteiger partial charge is 0.497 e. The molecule has 0 fully saturated rings. The third kappa shape index (κ3) is 3.15. The first kappa shape index (κ1) is 18.9.